The third-order valence-corrected chi connectivity index (χ3v) is 4.68. The van der Waals surface area contributed by atoms with Gasteiger partial charge in [0, 0.05) is 25.6 Å². The Balaban J connectivity index is 2.08. The normalized spacial score (nSPS) is 27.6. The Morgan fingerprint density at radius 2 is 1.95 bits per heavy atom. The van der Waals surface area contributed by atoms with E-state index in [1.807, 2.05) is 4.90 Å². The van der Waals surface area contributed by atoms with Crippen molar-refractivity contribution in [2.75, 3.05) is 20.1 Å². The summed E-state index contributed by atoms with van der Waals surface area (Å²) in [5.74, 6) is -0.114. The predicted molar refractivity (Wildman–Crippen MR) is 82.8 cm³/mol. The minimum atomic E-state index is -0.465. The summed E-state index contributed by atoms with van der Waals surface area (Å²) in [6.45, 7) is 7.07. The first kappa shape index (κ1) is 16.0. The fourth-order valence-corrected chi connectivity index (χ4v) is 3.72. The van der Waals surface area contributed by atoms with Crippen LogP contribution in [0.25, 0.3) is 0 Å². The van der Waals surface area contributed by atoms with Gasteiger partial charge in [0.15, 0.2) is 0 Å². The highest BCUT2D eigenvalue weighted by atomic mass is 16.2. The molecule has 0 saturated carbocycles. The van der Waals surface area contributed by atoms with Crippen LogP contribution in [0, 0.1) is 0 Å². The Bertz CT molecular complexity index is 410. The molecule has 0 aliphatic carbocycles. The summed E-state index contributed by atoms with van der Waals surface area (Å²) in [7, 11) is 2.15. The molecule has 0 aromatic heterocycles. The van der Waals surface area contributed by atoms with Gasteiger partial charge in [-0.1, -0.05) is 6.08 Å². The zero-order valence-electron chi connectivity index (χ0n) is 13.2. The van der Waals surface area contributed by atoms with Gasteiger partial charge in [-0.2, -0.15) is 0 Å². The van der Waals surface area contributed by atoms with Crippen molar-refractivity contribution in [3.8, 4) is 0 Å². The molecule has 5 heteroatoms. The number of likely N-dealkylation sites (tertiary alicyclic amines) is 2. The maximum absolute atomic E-state index is 12.8. The highest BCUT2D eigenvalue weighted by Crippen LogP contribution is 2.29. The summed E-state index contributed by atoms with van der Waals surface area (Å²) in [5, 5.41) is 2.76. The molecular weight excluding hydrogens is 266 g/mol. The minimum Gasteiger partial charge on any atom is -0.344 e. The van der Waals surface area contributed by atoms with Crippen LogP contribution < -0.4 is 5.32 Å². The van der Waals surface area contributed by atoms with Crippen molar-refractivity contribution >= 4 is 11.8 Å². The van der Waals surface area contributed by atoms with Crippen molar-refractivity contribution in [3.05, 3.63) is 12.7 Å². The van der Waals surface area contributed by atoms with Crippen LogP contribution in [0.4, 0.5) is 0 Å². The number of rotatable bonds is 5. The van der Waals surface area contributed by atoms with E-state index in [0.29, 0.717) is 18.5 Å². The monoisotopic (exact) mass is 293 g/mol. The molecular formula is C16H27N3O2. The SMILES string of the molecule is C=CC[C@H](NC(C)=O)C(=O)N1CCC[C@H]1[C@@H]1CCCN1C. The lowest BCUT2D eigenvalue weighted by Gasteiger charge is -2.35. The highest BCUT2D eigenvalue weighted by molar-refractivity contribution is 5.87. The minimum absolute atomic E-state index is 0.0490. The van der Waals surface area contributed by atoms with Gasteiger partial charge in [0.05, 0.1) is 0 Å². The van der Waals surface area contributed by atoms with E-state index in [4.69, 9.17) is 0 Å². The average molecular weight is 293 g/mol. The number of hydrogen-bond acceptors (Lipinski definition) is 3. The van der Waals surface area contributed by atoms with Crippen LogP contribution in [0.2, 0.25) is 0 Å². The van der Waals surface area contributed by atoms with Crippen molar-refractivity contribution in [3.63, 3.8) is 0 Å². The molecule has 1 N–H and O–H groups in total. The maximum Gasteiger partial charge on any atom is 0.245 e. The summed E-state index contributed by atoms with van der Waals surface area (Å²) in [6, 6.07) is 0.302. The molecule has 2 rings (SSSR count). The van der Waals surface area contributed by atoms with Gasteiger partial charge in [0.1, 0.15) is 6.04 Å². The molecule has 2 amide bonds. The van der Waals surface area contributed by atoms with Gasteiger partial charge in [-0.05, 0) is 45.7 Å². The highest BCUT2D eigenvalue weighted by Gasteiger charge is 2.40. The second-order valence-electron chi connectivity index (χ2n) is 6.21. The molecule has 21 heavy (non-hydrogen) atoms. The number of carbonyl (C=O) groups excluding carboxylic acids is 2. The summed E-state index contributed by atoms with van der Waals surface area (Å²) in [6.07, 6.45) is 6.69. The van der Waals surface area contributed by atoms with Crippen LogP contribution in [-0.2, 0) is 9.59 Å². The second-order valence-corrected chi connectivity index (χ2v) is 6.21. The molecule has 0 aromatic carbocycles. The molecule has 5 nitrogen and oxygen atoms in total. The van der Waals surface area contributed by atoms with Gasteiger partial charge < -0.3 is 15.1 Å². The number of likely N-dealkylation sites (N-methyl/N-ethyl adjacent to an activating group) is 1. The number of nitrogens with zero attached hydrogens (tertiary/aromatic N) is 2. The fraction of sp³-hybridized carbons (Fsp3) is 0.750. The second kappa shape index (κ2) is 7.07. The number of amides is 2. The third kappa shape index (κ3) is 3.64. The Labute approximate surface area is 127 Å². The van der Waals surface area contributed by atoms with Crippen molar-refractivity contribution in [2.45, 2.75) is 57.2 Å². The van der Waals surface area contributed by atoms with E-state index in [-0.39, 0.29) is 11.8 Å². The molecule has 0 spiro atoms. The van der Waals surface area contributed by atoms with Crippen molar-refractivity contribution in [1.82, 2.24) is 15.1 Å². The van der Waals surface area contributed by atoms with Crippen LogP contribution in [0.15, 0.2) is 12.7 Å². The first-order chi connectivity index (χ1) is 10.0. The summed E-state index contributed by atoms with van der Waals surface area (Å²) in [5.41, 5.74) is 0. The molecule has 0 bridgehead atoms. The predicted octanol–water partition coefficient (Wildman–Crippen LogP) is 1.15. The Kier molecular flexibility index (Phi) is 5.39. The lowest BCUT2D eigenvalue weighted by molar-refractivity contribution is -0.137. The average Bonchev–Trinajstić information content (AvgIpc) is 3.04. The summed E-state index contributed by atoms with van der Waals surface area (Å²) in [4.78, 5) is 28.5. The molecule has 2 fully saturated rings. The number of carbonyl (C=O) groups is 2. The smallest absolute Gasteiger partial charge is 0.245 e. The van der Waals surface area contributed by atoms with Gasteiger partial charge in [0.25, 0.3) is 0 Å². The maximum atomic E-state index is 12.8. The van der Waals surface area contributed by atoms with Crippen LogP contribution >= 0.6 is 0 Å². The molecule has 0 aromatic rings. The molecule has 0 radical (unpaired) electrons. The van der Waals surface area contributed by atoms with Crippen molar-refractivity contribution < 1.29 is 9.59 Å². The van der Waals surface area contributed by atoms with Gasteiger partial charge in [0.2, 0.25) is 11.8 Å². The van der Waals surface area contributed by atoms with Gasteiger partial charge in [-0.15, -0.1) is 6.58 Å². The number of hydrogen-bond donors (Lipinski definition) is 1. The molecule has 2 aliphatic rings. The topological polar surface area (TPSA) is 52.7 Å². The lowest BCUT2D eigenvalue weighted by atomic mass is 10.0. The largest absolute Gasteiger partial charge is 0.344 e. The van der Waals surface area contributed by atoms with Crippen LogP contribution in [0.5, 0.6) is 0 Å². The zero-order valence-corrected chi connectivity index (χ0v) is 13.2. The van der Waals surface area contributed by atoms with Crippen LogP contribution in [0.1, 0.15) is 39.0 Å². The number of nitrogens with one attached hydrogen (secondary N) is 1. The van der Waals surface area contributed by atoms with E-state index in [1.54, 1.807) is 6.08 Å². The molecule has 0 unspecified atom stereocenters. The molecule has 2 saturated heterocycles. The molecule has 118 valence electrons. The van der Waals surface area contributed by atoms with Gasteiger partial charge in [-0.25, -0.2) is 0 Å². The summed E-state index contributed by atoms with van der Waals surface area (Å²) < 4.78 is 0. The first-order valence-electron chi connectivity index (χ1n) is 7.93. The fourth-order valence-electron chi connectivity index (χ4n) is 3.72. The van der Waals surface area contributed by atoms with E-state index >= 15 is 0 Å². The zero-order chi connectivity index (χ0) is 15.4. The van der Waals surface area contributed by atoms with Crippen molar-refractivity contribution in [1.29, 1.82) is 0 Å². The van der Waals surface area contributed by atoms with E-state index in [1.165, 1.54) is 13.3 Å². The van der Waals surface area contributed by atoms with E-state index < -0.39 is 6.04 Å². The van der Waals surface area contributed by atoms with E-state index in [0.717, 1.165) is 32.4 Å². The first-order valence-corrected chi connectivity index (χ1v) is 7.93. The lowest BCUT2D eigenvalue weighted by Crippen LogP contribution is -2.53. The van der Waals surface area contributed by atoms with Crippen LogP contribution in [-0.4, -0.2) is 59.9 Å². The standard InChI is InChI=1S/C16H27N3O2/c1-4-7-13(17-12(2)20)16(21)19-11-6-9-15(19)14-8-5-10-18(14)3/h4,13-15H,1,5-11H2,2-3H3,(H,17,20)/t13-,14-,15-/m0/s1. The van der Waals surface area contributed by atoms with Gasteiger partial charge >= 0.3 is 0 Å². The van der Waals surface area contributed by atoms with E-state index in [9.17, 15) is 9.59 Å². The van der Waals surface area contributed by atoms with Gasteiger partial charge in [-0.3, -0.25) is 9.59 Å². The third-order valence-electron chi connectivity index (χ3n) is 4.68. The Hall–Kier alpha value is -1.36. The van der Waals surface area contributed by atoms with E-state index in [2.05, 4.69) is 23.8 Å². The quantitative estimate of drug-likeness (QED) is 0.774. The molecule has 2 aliphatic heterocycles. The molecule has 3 atom stereocenters. The molecule has 2 heterocycles. The van der Waals surface area contributed by atoms with Crippen molar-refractivity contribution in [2.24, 2.45) is 0 Å². The summed E-state index contributed by atoms with van der Waals surface area (Å²) >= 11 is 0. The Morgan fingerprint density at radius 1 is 1.29 bits per heavy atom. The van der Waals surface area contributed by atoms with Crippen LogP contribution in [0.3, 0.4) is 0 Å². The Morgan fingerprint density at radius 3 is 2.52 bits per heavy atom.